The van der Waals surface area contributed by atoms with Crippen LogP contribution in [0.5, 0.6) is 0 Å². The molecule has 13 nitrogen and oxygen atoms in total. The van der Waals surface area contributed by atoms with E-state index >= 15 is 0 Å². The van der Waals surface area contributed by atoms with E-state index in [4.69, 9.17) is 23.7 Å². The first-order valence-corrected chi connectivity index (χ1v) is 23.6. The maximum Gasteiger partial charge on any atom is 0.306 e. The number of imide groups is 1. The van der Waals surface area contributed by atoms with Gasteiger partial charge in [0.25, 0.3) is 11.8 Å². The van der Waals surface area contributed by atoms with Crippen molar-refractivity contribution in [3.05, 3.63) is 23.8 Å². The third kappa shape index (κ3) is 13.9. The highest BCUT2D eigenvalue weighted by atomic mass is 16.6. The van der Waals surface area contributed by atoms with Gasteiger partial charge in [0, 0.05) is 51.0 Å². The summed E-state index contributed by atoms with van der Waals surface area (Å²) in [6, 6.07) is 0. The van der Waals surface area contributed by atoms with Crippen LogP contribution in [0.1, 0.15) is 125 Å². The largest absolute Gasteiger partial charge is 0.462 e. The average molecular weight is 856 g/mol. The van der Waals surface area contributed by atoms with Gasteiger partial charge in [0.1, 0.15) is 6.10 Å². The Hall–Kier alpha value is -3.13. The summed E-state index contributed by atoms with van der Waals surface area (Å²) in [6.45, 7) is 16.1. The minimum Gasteiger partial charge on any atom is -0.462 e. The third-order valence-corrected chi connectivity index (χ3v) is 14.8. The lowest BCUT2D eigenvalue weighted by atomic mass is 9.47. The monoisotopic (exact) mass is 856 g/mol. The Kier molecular flexibility index (Phi) is 19.3. The smallest absolute Gasteiger partial charge is 0.306 e. The number of carbonyl (C=O) groups is 5. The molecular weight excluding hydrogens is 779 g/mol. The summed E-state index contributed by atoms with van der Waals surface area (Å²) in [5.74, 6) is 3.29. The van der Waals surface area contributed by atoms with Gasteiger partial charge in [-0.25, -0.2) is 0 Å². The Labute approximate surface area is 365 Å². The van der Waals surface area contributed by atoms with Crippen LogP contribution in [0, 0.1) is 46.3 Å². The number of nitrogens with one attached hydrogen (secondary N) is 2. The summed E-state index contributed by atoms with van der Waals surface area (Å²) in [5.41, 5.74) is 2.21. The molecule has 0 bridgehead atoms. The summed E-state index contributed by atoms with van der Waals surface area (Å²) >= 11 is 0. The number of fused-ring (bicyclic) bond motifs is 5. The Morgan fingerprint density at radius 1 is 0.738 bits per heavy atom. The fourth-order valence-electron chi connectivity index (χ4n) is 11.5. The van der Waals surface area contributed by atoms with E-state index in [-0.39, 0.29) is 55.1 Å². The molecule has 13 heteroatoms. The zero-order chi connectivity index (χ0) is 43.8. The number of allylic oxidation sites excluding steroid dienone is 1. The molecule has 4 amide bonds. The summed E-state index contributed by atoms with van der Waals surface area (Å²) in [6.07, 6.45) is 18.6. The minimum absolute atomic E-state index is 0.0436. The Morgan fingerprint density at radius 3 is 1.97 bits per heavy atom. The van der Waals surface area contributed by atoms with Crippen LogP contribution in [0.15, 0.2) is 23.8 Å². The highest BCUT2D eigenvalue weighted by Crippen LogP contribution is 2.67. The Morgan fingerprint density at radius 2 is 1.34 bits per heavy atom. The topological polar surface area (TPSA) is 159 Å². The van der Waals surface area contributed by atoms with Crippen LogP contribution in [0.25, 0.3) is 0 Å². The Balaban J connectivity index is 0.834. The van der Waals surface area contributed by atoms with Crippen LogP contribution >= 0.6 is 0 Å². The molecule has 61 heavy (non-hydrogen) atoms. The number of ether oxygens (including phenoxy) is 5. The highest BCUT2D eigenvalue weighted by molar-refractivity contribution is 6.13. The van der Waals surface area contributed by atoms with E-state index in [1.807, 2.05) is 0 Å². The molecule has 0 unspecified atom stereocenters. The first-order valence-electron chi connectivity index (χ1n) is 23.6. The number of hydrogen-bond donors (Lipinski definition) is 2. The van der Waals surface area contributed by atoms with Crippen molar-refractivity contribution < 1.29 is 47.7 Å². The predicted molar refractivity (Wildman–Crippen MR) is 232 cm³/mol. The molecule has 1 heterocycles. The number of rotatable bonds is 27. The van der Waals surface area contributed by atoms with Crippen molar-refractivity contribution in [2.75, 3.05) is 72.5 Å². The molecule has 2 N–H and O–H groups in total. The van der Waals surface area contributed by atoms with E-state index in [2.05, 4.69) is 51.3 Å². The number of esters is 1. The zero-order valence-electron chi connectivity index (χ0n) is 38.0. The lowest BCUT2D eigenvalue weighted by molar-refractivity contribution is -0.152. The van der Waals surface area contributed by atoms with Gasteiger partial charge in [-0.15, -0.1) is 0 Å². The van der Waals surface area contributed by atoms with Crippen molar-refractivity contribution in [3.63, 3.8) is 0 Å². The lowest BCUT2D eigenvalue weighted by Crippen LogP contribution is -2.51. The SMILES string of the molecule is CC(C)CCC[C@@H](C)[C@H]1CC[C@H]2[C@@H]3CC=C4C[C@@H](OC(=O)CCC(=O)NCCOCCOCCOCCOCCNC(=O)CCN5C(=O)C=CC5=O)CC[C@]4(C)[C@H]3CC[C@]12C. The second kappa shape index (κ2) is 24.1. The number of hydrogen-bond acceptors (Lipinski definition) is 10. The van der Waals surface area contributed by atoms with Crippen molar-refractivity contribution >= 4 is 29.6 Å². The van der Waals surface area contributed by atoms with Crippen LogP contribution in [0.2, 0.25) is 0 Å². The normalized spacial score (nSPS) is 28.6. The van der Waals surface area contributed by atoms with E-state index in [0.717, 1.165) is 59.7 Å². The molecule has 8 atom stereocenters. The summed E-state index contributed by atoms with van der Waals surface area (Å²) < 4.78 is 27.9. The fraction of sp³-hybridized carbons (Fsp3) is 0.812. The van der Waals surface area contributed by atoms with Gasteiger partial charge < -0.3 is 34.3 Å². The minimum atomic E-state index is -0.401. The van der Waals surface area contributed by atoms with Gasteiger partial charge >= 0.3 is 5.97 Å². The number of nitrogens with zero attached hydrogens (tertiary/aromatic N) is 1. The first-order chi connectivity index (χ1) is 29.3. The molecule has 1 aliphatic heterocycles. The third-order valence-electron chi connectivity index (χ3n) is 14.8. The van der Waals surface area contributed by atoms with E-state index in [9.17, 15) is 24.0 Å². The van der Waals surface area contributed by atoms with E-state index in [1.165, 1.54) is 69.1 Å². The second-order valence-corrected chi connectivity index (χ2v) is 19.2. The van der Waals surface area contributed by atoms with Crippen LogP contribution in [0.4, 0.5) is 0 Å². The molecule has 0 radical (unpaired) electrons. The molecule has 5 aliphatic rings. The molecule has 3 saturated carbocycles. The molecule has 5 rings (SSSR count). The molecule has 0 aromatic rings. The lowest BCUT2D eigenvalue weighted by Gasteiger charge is -2.58. The molecular formula is C48H77N3O10. The van der Waals surface area contributed by atoms with Crippen molar-refractivity contribution in [1.82, 2.24) is 15.5 Å². The van der Waals surface area contributed by atoms with Gasteiger partial charge in [0.05, 0.1) is 59.3 Å². The second-order valence-electron chi connectivity index (χ2n) is 19.2. The Bertz CT molecular complexity index is 1510. The van der Waals surface area contributed by atoms with Crippen molar-refractivity contribution in [1.29, 1.82) is 0 Å². The van der Waals surface area contributed by atoms with Gasteiger partial charge in [-0.1, -0.05) is 65.5 Å². The van der Waals surface area contributed by atoms with Crippen molar-refractivity contribution in [2.45, 2.75) is 131 Å². The molecule has 0 saturated heterocycles. The molecule has 4 aliphatic carbocycles. The maximum absolute atomic E-state index is 12.8. The summed E-state index contributed by atoms with van der Waals surface area (Å²) in [7, 11) is 0. The number of carbonyl (C=O) groups excluding carboxylic acids is 5. The first kappa shape index (κ1) is 48.9. The van der Waals surface area contributed by atoms with Crippen molar-refractivity contribution in [2.24, 2.45) is 46.3 Å². The van der Waals surface area contributed by atoms with Crippen LogP contribution in [-0.4, -0.2) is 113 Å². The van der Waals surface area contributed by atoms with Crippen LogP contribution in [-0.2, 0) is 47.7 Å². The summed E-state index contributed by atoms with van der Waals surface area (Å²) in [4.78, 5) is 61.1. The molecule has 344 valence electrons. The summed E-state index contributed by atoms with van der Waals surface area (Å²) in [5, 5.41) is 5.50. The van der Waals surface area contributed by atoms with E-state index in [1.54, 1.807) is 0 Å². The van der Waals surface area contributed by atoms with Gasteiger partial charge in [-0.05, 0) is 91.3 Å². The quantitative estimate of drug-likeness (QED) is 0.0414. The van der Waals surface area contributed by atoms with Crippen LogP contribution in [0.3, 0.4) is 0 Å². The van der Waals surface area contributed by atoms with E-state index < -0.39 is 11.8 Å². The van der Waals surface area contributed by atoms with Crippen LogP contribution < -0.4 is 10.6 Å². The van der Waals surface area contributed by atoms with Gasteiger partial charge in [-0.3, -0.25) is 28.9 Å². The molecule has 0 aromatic heterocycles. The standard InChI is InChI=1S/C48H77N3O10/c1-34(2)7-6-8-35(3)39-11-12-40-38-10-9-36-33-37(17-20-47(36,4)41(38)18-21-48(39,40)5)61-46(56)16-13-42(52)49-22-25-57-27-29-59-31-32-60-30-28-58-26-23-50-43(53)19-24-51-44(54)14-15-45(51)55/h9,14-15,34-35,37-41H,6-8,10-13,16-33H2,1-5H3,(H,49,52)(H,50,53)/t35-,37+,38+,39-,40+,41+,47+,48-/m1/s1. The van der Waals surface area contributed by atoms with Gasteiger partial charge in [0.2, 0.25) is 11.8 Å². The molecule has 0 spiro atoms. The fourth-order valence-corrected chi connectivity index (χ4v) is 11.5. The predicted octanol–water partition coefficient (Wildman–Crippen LogP) is 6.33. The zero-order valence-corrected chi connectivity index (χ0v) is 38.0. The molecule has 3 fully saturated rings. The van der Waals surface area contributed by atoms with Crippen molar-refractivity contribution in [3.8, 4) is 0 Å². The van der Waals surface area contributed by atoms with E-state index in [0.29, 0.717) is 71.4 Å². The van der Waals surface area contributed by atoms with Gasteiger partial charge in [-0.2, -0.15) is 0 Å². The maximum atomic E-state index is 12.8. The number of amides is 4. The average Bonchev–Trinajstić information content (AvgIpc) is 3.75. The molecule has 0 aromatic carbocycles. The van der Waals surface area contributed by atoms with Gasteiger partial charge in [0.15, 0.2) is 0 Å². The highest BCUT2D eigenvalue weighted by Gasteiger charge is 2.59.